The van der Waals surface area contributed by atoms with Crippen molar-refractivity contribution in [2.24, 2.45) is 0 Å². The molecule has 0 N–H and O–H groups in total. The molecule has 2 heterocycles. The molecule has 3 aromatic rings. The Labute approximate surface area is 101 Å². The molecule has 0 saturated carbocycles. The van der Waals surface area contributed by atoms with E-state index in [2.05, 4.69) is 14.5 Å². The van der Waals surface area contributed by atoms with Gasteiger partial charge in [-0.1, -0.05) is 11.6 Å². The van der Waals surface area contributed by atoms with Gasteiger partial charge in [0.05, 0.1) is 16.9 Å². The number of hydrogen-bond acceptors (Lipinski definition) is 4. The van der Waals surface area contributed by atoms with Crippen LogP contribution in [0.15, 0.2) is 30.9 Å². The summed E-state index contributed by atoms with van der Waals surface area (Å²) >= 11 is 7.45. The van der Waals surface area contributed by atoms with Crippen molar-refractivity contribution in [2.75, 3.05) is 0 Å². The molecule has 0 aliphatic heterocycles. The fraction of sp³-hybridized carbons (Fsp3) is 0.100. The molecule has 0 fully saturated rings. The molecule has 1 aromatic carbocycles. The molecule has 0 aliphatic carbocycles. The molecule has 0 unspecified atom stereocenters. The third kappa shape index (κ3) is 1.68. The van der Waals surface area contributed by atoms with Gasteiger partial charge < -0.3 is 0 Å². The minimum atomic E-state index is 0.625. The van der Waals surface area contributed by atoms with E-state index in [4.69, 9.17) is 11.6 Å². The van der Waals surface area contributed by atoms with Crippen LogP contribution in [0.5, 0.6) is 0 Å². The largest absolute Gasteiger partial charge is 0.247 e. The third-order valence-electron chi connectivity index (χ3n) is 2.29. The zero-order valence-electron chi connectivity index (χ0n) is 8.17. The second-order valence-corrected chi connectivity index (χ2v) is 4.60. The van der Waals surface area contributed by atoms with Crippen molar-refractivity contribution in [3.63, 3.8) is 0 Å². The standard InChI is InChI=1S/C10H7ClN4S/c11-7-1-2-10-8(3-7)9(14-16-10)4-15-6-12-5-13-15/h1-3,5-6H,4H2. The summed E-state index contributed by atoms with van der Waals surface area (Å²) in [6.07, 6.45) is 3.19. The highest BCUT2D eigenvalue weighted by Crippen LogP contribution is 2.26. The number of rotatable bonds is 2. The van der Waals surface area contributed by atoms with Gasteiger partial charge in [0.25, 0.3) is 0 Å². The lowest BCUT2D eigenvalue weighted by atomic mass is 10.2. The van der Waals surface area contributed by atoms with E-state index in [1.54, 1.807) is 11.0 Å². The summed E-state index contributed by atoms with van der Waals surface area (Å²) in [5, 5.41) is 5.88. The van der Waals surface area contributed by atoms with Crippen molar-refractivity contribution in [1.29, 1.82) is 0 Å². The van der Waals surface area contributed by atoms with Crippen molar-refractivity contribution < 1.29 is 0 Å². The second-order valence-electron chi connectivity index (χ2n) is 3.36. The Morgan fingerprint density at radius 3 is 3.12 bits per heavy atom. The topological polar surface area (TPSA) is 43.6 Å². The first-order chi connectivity index (χ1) is 7.83. The highest BCUT2D eigenvalue weighted by atomic mass is 35.5. The van der Waals surface area contributed by atoms with Crippen LogP contribution >= 0.6 is 23.1 Å². The summed E-state index contributed by atoms with van der Waals surface area (Å²) in [5.74, 6) is 0. The Bertz CT molecular complexity index is 617. The van der Waals surface area contributed by atoms with Crippen molar-refractivity contribution in [1.82, 2.24) is 19.1 Å². The van der Waals surface area contributed by atoms with Gasteiger partial charge in [-0.2, -0.15) is 9.47 Å². The van der Waals surface area contributed by atoms with Gasteiger partial charge in [0.15, 0.2) is 0 Å². The lowest BCUT2D eigenvalue weighted by Gasteiger charge is -1.97. The molecule has 80 valence electrons. The summed E-state index contributed by atoms with van der Waals surface area (Å²) in [6, 6.07) is 5.80. The first-order valence-corrected chi connectivity index (χ1v) is 5.84. The molecule has 3 rings (SSSR count). The molecule has 0 bridgehead atoms. The average Bonchev–Trinajstić information content (AvgIpc) is 2.90. The normalized spacial score (nSPS) is 11.1. The number of aromatic nitrogens is 4. The van der Waals surface area contributed by atoms with Gasteiger partial charge in [-0.15, -0.1) is 0 Å². The maximum atomic E-state index is 5.97. The molecule has 0 atom stereocenters. The highest BCUT2D eigenvalue weighted by molar-refractivity contribution is 7.13. The molecule has 0 radical (unpaired) electrons. The predicted octanol–water partition coefficient (Wildman–Crippen LogP) is 2.59. The van der Waals surface area contributed by atoms with Gasteiger partial charge in [-0.05, 0) is 29.7 Å². The van der Waals surface area contributed by atoms with E-state index in [0.29, 0.717) is 6.54 Å². The lowest BCUT2D eigenvalue weighted by Crippen LogP contribution is -2.00. The van der Waals surface area contributed by atoms with Crippen LogP contribution < -0.4 is 0 Å². The van der Waals surface area contributed by atoms with Crippen LogP contribution in [0, 0.1) is 0 Å². The summed E-state index contributed by atoms with van der Waals surface area (Å²) < 4.78 is 7.29. The second kappa shape index (κ2) is 3.84. The zero-order valence-corrected chi connectivity index (χ0v) is 9.74. The summed E-state index contributed by atoms with van der Waals surface area (Å²) in [6.45, 7) is 0.625. The van der Waals surface area contributed by atoms with Gasteiger partial charge in [0.1, 0.15) is 12.7 Å². The van der Waals surface area contributed by atoms with Crippen molar-refractivity contribution >= 4 is 33.2 Å². The fourth-order valence-electron chi connectivity index (χ4n) is 1.54. The minimum absolute atomic E-state index is 0.625. The molecular weight excluding hydrogens is 244 g/mol. The van der Waals surface area contributed by atoms with Crippen LogP contribution in [0.4, 0.5) is 0 Å². The summed E-state index contributed by atoms with van der Waals surface area (Å²) in [7, 11) is 0. The van der Waals surface area contributed by atoms with E-state index >= 15 is 0 Å². The minimum Gasteiger partial charge on any atom is -0.247 e. The number of hydrogen-bond donors (Lipinski definition) is 0. The monoisotopic (exact) mass is 250 g/mol. The predicted molar refractivity (Wildman–Crippen MR) is 63.8 cm³/mol. The van der Waals surface area contributed by atoms with Crippen molar-refractivity contribution in [3.8, 4) is 0 Å². The first-order valence-electron chi connectivity index (χ1n) is 4.69. The van der Waals surface area contributed by atoms with Crippen molar-refractivity contribution in [3.05, 3.63) is 41.6 Å². The SMILES string of the molecule is Clc1ccc2snc(Cn3cncn3)c2c1. The zero-order chi connectivity index (χ0) is 11.0. The molecule has 16 heavy (non-hydrogen) atoms. The van der Waals surface area contributed by atoms with Gasteiger partial charge >= 0.3 is 0 Å². The number of benzene rings is 1. The van der Waals surface area contributed by atoms with Crippen molar-refractivity contribution in [2.45, 2.75) is 6.54 Å². The summed E-state index contributed by atoms with van der Waals surface area (Å²) in [4.78, 5) is 3.90. The highest BCUT2D eigenvalue weighted by Gasteiger charge is 2.07. The van der Waals surface area contributed by atoms with Gasteiger partial charge in [-0.25, -0.2) is 9.67 Å². The number of halogens is 1. The third-order valence-corrected chi connectivity index (χ3v) is 3.38. The summed E-state index contributed by atoms with van der Waals surface area (Å²) in [5.41, 5.74) is 0.980. The molecule has 6 heteroatoms. The van der Waals surface area contributed by atoms with E-state index < -0.39 is 0 Å². The first kappa shape index (κ1) is 9.74. The van der Waals surface area contributed by atoms with Crippen LogP contribution in [0.25, 0.3) is 10.1 Å². The van der Waals surface area contributed by atoms with Gasteiger partial charge in [0.2, 0.25) is 0 Å². The van der Waals surface area contributed by atoms with E-state index in [-0.39, 0.29) is 0 Å². The molecular formula is C10H7ClN4S. The molecule has 2 aromatic heterocycles. The Morgan fingerprint density at radius 2 is 2.31 bits per heavy atom. The maximum absolute atomic E-state index is 5.97. The van der Waals surface area contributed by atoms with Gasteiger partial charge in [-0.3, -0.25) is 0 Å². The van der Waals surface area contributed by atoms with E-state index in [9.17, 15) is 0 Å². The van der Waals surface area contributed by atoms with E-state index in [1.807, 2.05) is 18.2 Å². The quantitative estimate of drug-likeness (QED) is 0.702. The van der Waals surface area contributed by atoms with Crippen LogP contribution in [0.1, 0.15) is 5.69 Å². The molecule has 0 amide bonds. The van der Waals surface area contributed by atoms with Crippen LogP contribution in [0.2, 0.25) is 5.02 Å². The molecule has 0 saturated heterocycles. The number of fused-ring (bicyclic) bond motifs is 1. The smallest absolute Gasteiger partial charge is 0.137 e. The van der Waals surface area contributed by atoms with Crippen LogP contribution in [-0.2, 0) is 6.54 Å². The van der Waals surface area contributed by atoms with Crippen LogP contribution in [-0.4, -0.2) is 19.1 Å². The van der Waals surface area contributed by atoms with E-state index in [1.165, 1.54) is 17.9 Å². The maximum Gasteiger partial charge on any atom is 0.137 e. The Kier molecular flexibility index (Phi) is 2.34. The average molecular weight is 251 g/mol. The molecule has 4 nitrogen and oxygen atoms in total. The lowest BCUT2D eigenvalue weighted by molar-refractivity contribution is 0.679. The Hall–Kier alpha value is -1.46. The molecule has 0 spiro atoms. The van der Waals surface area contributed by atoms with E-state index in [0.717, 1.165) is 20.8 Å². The fourth-order valence-corrected chi connectivity index (χ4v) is 2.48. The Morgan fingerprint density at radius 1 is 1.38 bits per heavy atom. The van der Waals surface area contributed by atoms with Crippen LogP contribution in [0.3, 0.4) is 0 Å². The molecule has 0 aliphatic rings. The number of nitrogens with zero attached hydrogens (tertiary/aromatic N) is 4. The Balaban J connectivity index is 2.07. The van der Waals surface area contributed by atoms with Gasteiger partial charge in [0, 0.05) is 10.4 Å².